The number of amides is 2. The van der Waals surface area contributed by atoms with Gasteiger partial charge in [-0.1, -0.05) is 44.2 Å². The van der Waals surface area contributed by atoms with E-state index in [0.29, 0.717) is 88.0 Å². The van der Waals surface area contributed by atoms with Crippen molar-refractivity contribution in [2.75, 3.05) is 39.9 Å². The largest absolute Gasteiger partial charge is 0.493 e. The Morgan fingerprint density at radius 2 is 1.57 bits per heavy atom. The molecule has 0 atom stereocenters. The number of likely N-dealkylation sites (tertiary alicyclic amines) is 2. The Morgan fingerprint density at radius 3 is 2.26 bits per heavy atom. The van der Waals surface area contributed by atoms with E-state index in [1.54, 1.807) is 30.3 Å². The van der Waals surface area contributed by atoms with Crippen LogP contribution in [-0.2, 0) is 11.4 Å². The molecule has 0 unspecified atom stereocenters. The predicted molar refractivity (Wildman–Crippen MR) is 177 cm³/mol. The number of hydrogen-bond acceptors (Lipinski definition) is 7. The molecule has 2 aliphatic heterocycles. The Morgan fingerprint density at radius 1 is 0.848 bits per heavy atom. The third-order valence-corrected chi connectivity index (χ3v) is 8.82. The van der Waals surface area contributed by atoms with Crippen LogP contribution in [0, 0.1) is 0 Å². The number of piperidine rings is 1. The molecule has 1 saturated carbocycles. The van der Waals surface area contributed by atoms with Crippen LogP contribution in [0.25, 0.3) is 0 Å². The number of aliphatic hydroxyl groups excluding tert-OH is 1. The van der Waals surface area contributed by atoms with Crippen molar-refractivity contribution < 1.29 is 28.9 Å². The zero-order valence-corrected chi connectivity index (χ0v) is 27.3. The van der Waals surface area contributed by atoms with Crippen LogP contribution < -0.4 is 14.2 Å². The molecule has 246 valence electrons. The quantitative estimate of drug-likeness (QED) is 0.247. The predicted octanol–water partition coefficient (Wildman–Crippen LogP) is 5.95. The zero-order chi connectivity index (χ0) is 32.5. The van der Waals surface area contributed by atoms with E-state index >= 15 is 0 Å². The summed E-state index contributed by atoms with van der Waals surface area (Å²) in [5.41, 5.74) is 3.99. The van der Waals surface area contributed by atoms with Gasteiger partial charge in [0.1, 0.15) is 18.1 Å². The molecule has 0 radical (unpaired) electrons. The second-order valence-electron chi connectivity index (χ2n) is 12.1. The van der Waals surface area contributed by atoms with Crippen molar-refractivity contribution in [2.24, 2.45) is 0 Å². The van der Waals surface area contributed by atoms with Gasteiger partial charge in [0.15, 0.2) is 11.5 Å². The van der Waals surface area contributed by atoms with Gasteiger partial charge in [-0.2, -0.15) is 0 Å². The molecule has 0 bridgehead atoms. The molecule has 0 spiro atoms. The summed E-state index contributed by atoms with van der Waals surface area (Å²) in [4.78, 5) is 33.4. The van der Waals surface area contributed by atoms with Gasteiger partial charge >= 0.3 is 0 Å². The van der Waals surface area contributed by atoms with Crippen LogP contribution in [0.3, 0.4) is 0 Å². The van der Waals surface area contributed by atoms with Gasteiger partial charge in [0.25, 0.3) is 5.91 Å². The van der Waals surface area contributed by atoms with Gasteiger partial charge in [-0.3, -0.25) is 14.6 Å². The number of aromatic nitrogens is 1. The average molecular weight is 630 g/mol. The van der Waals surface area contributed by atoms with Crippen molar-refractivity contribution in [1.82, 2.24) is 14.8 Å². The maximum absolute atomic E-state index is 13.1. The summed E-state index contributed by atoms with van der Waals surface area (Å²) in [7, 11) is 1.65. The summed E-state index contributed by atoms with van der Waals surface area (Å²) in [6.07, 6.45) is 6.13. The van der Waals surface area contributed by atoms with Crippen LogP contribution in [0.15, 0.2) is 60.8 Å². The first kappa shape index (κ1) is 33.3. The Balaban J connectivity index is 0.00000204. The first-order valence-corrected chi connectivity index (χ1v) is 16.7. The molecular formula is C37H47N3O6. The number of nitrogens with zero attached hydrogens (tertiary/aromatic N) is 3. The maximum Gasteiger partial charge on any atom is 0.272 e. The summed E-state index contributed by atoms with van der Waals surface area (Å²) in [6, 6.07) is 18.1. The van der Waals surface area contributed by atoms with Crippen LogP contribution in [0.2, 0.25) is 0 Å². The lowest BCUT2D eigenvalue weighted by molar-refractivity contribution is -0.133. The van der Waals surface area contributed by atoms with E-state index < -0.39 is 0 Å². The van der Waals surface area contributed by atoms with Crippen molar-refractivity contribution in [2.45, 2.75) is 76.9 Å². The molecule has 2 aromatic carbocycles. The Kier molecular flexibility index (Phi) is 11.5. The zero-order valence-electron chi connectivity index (χ0n) is 27.3. The highest BCUT2D eigenvalue weighted by atomic mass is 16.5. The minimum Gasteiger partial charge on any atom is -0.493 e. The number of methoxy groups -OCH3 is 1. The minimum atomic E-state index is -0.297. The van der Waals surface area contributed by atoms with Gasteiger partial charge in [0, 0.05) is 50.8 Å². The Bertz CT molecular complexity index is 1440. The number of rotatable bonds is 12. The molecule has 3 aromatic rings. The third-order valence-electron chi connectivity index (χ3n) is 8.82. The molecule has 2 saturated heterocycles. The van der Waals surface area contributed by atoms with Gasteiger partial charge < -0.3 is 29.1 Å². The average Bonchev–Trinajstić information content (AvgIpc) is 3.93. The normalized spacial score (nSPS) is 16.6. The van der Waals surface area contributed by atoms with E-state index in [4.69, 9.17) is 14.2 Å². The molecule has 3 aliphatic rings. The van der Waals surface area contributed by atoms with E-state index in [2.05, 4.69) is 29.2 Å². The summed E-state index contributed by atoms with van der Waals surface area (Å²) < 4.78 is 17.6. The highest BCUT2D eigenvalue weighted by Crippen LogP contribution is 2.40. The number of hydrogen-bond donors (Lipinski definition) is 1. The van der Waals surface area contributed by atoms with E-state index in [0.717, 1.165) is 17.0 Å². The number of aliphatic hydroxyl groups is 1. The second-order valence-corrected chi connectivity index (χ2v) is 12.1. The van der Waals surface area contributed by atoms with Gasteiger partial charge in [-0.15, -0.1) is 0 Å². The number of carbonyl (C=O) groups is 2. The lowest BCUT2D eigenvalue weighted by atomic mass is 9.91. The molecular weight excluding hydrogens is 582 g/mol. The van der Waals surface area contributed by atoms with E-state index in [-0.39, 0.29) is 23.8 Å². The van der Waals surface area contributed by atoms with E-state index in [1.165, 1.54) is 18.4 Å². The first-order chi connectivity index (χ1) is 22.5. The van der Waals surface area contributed by atoms with Crippen molar-refractivity contribution in [1.29, 1.82) is 0 Å². The number of pyridine rings is 1. The third kappa shape index (κ3) is 8.57. The second kappa shape index (κ2) is 15.9. The lowest BCUT2D eigenvalue weighted by Gasteiger charge is -2.39. The van der Waals surface area contributed by atoms with Gasteiger partial charge in [-0.25, -0.2) is 0 Å². The molecule has 6 rings (SSSR count). The van der Waals surface area contributed by atoms with Crippen LogP contribution >= 0.6 is 0 Å². The van der Waals surface area contributed by atoms with Crippen molar-refractivity contribution in [3.63, 3.8) is 0 Å². The minimum absolute atomic E-state index is 0.0902. The fraction of sp³-hybridized carbons (Fsp3) is 0.486. The monoisotopic (exact) mass is 629 g/mol. The molecule has 9 nitrogen and oxygen atoms in total. The summed E-state index contributed by atoms with van der Waals surface area (Å²) >= 11 is 0. The highest BCUT2D eigenvalue weighted by molar-refractivity contribution is 5.93. The van der Waals surface area contributed by atoms with Crippen molar-refractivity contribution >= 4 is 11.8 Å². The standard InChI is InChI=1S/C35H41N3O6.C2H6/c1-42-33-19-27(10-11-32(33)44-23-24-4-6-25(7-5-24)26-8-9-26)28-21-38(22-28)35(41)31-20-30(12-15-36-31)43-18-2-3-34(40)37-16-13-29(39)14-17-37;1-2/h4-7,10-12,15,19-20,26,28-29,39H,2-3,8-9,13-14,16-18,21-23H2,1H3;1-2H3. The fourth-order valence-electron chi connectivity index (χ4n) is 5.84. The number of ether oxygens (including phenoxy) is 3. The van der Waals surface area contributed by atoms with Crippen LogP contribution in [0.5, 0.6) is 17.2 Å². The smallest absolute Gasteiger partial charge is 0.272 e. The molecule has 9 heteroatoms. The van der Waals surface area contributed by atoms with Crippen LogP contribution in [-0.4, -0.2) is 77.7 Å². The topological polar surface area (TPSA) is 101 Å². The Hall–Kier alpha value is -4.11. The van der Waals surface area contributed by atoms with Crippen molar-refractivity contribution in [3.8, 4) is 17.2 Å². The van der Waals surface area contributed by atoms with Crippen LogP contribution in [0.1, 0.15) is 91.4 Å². The molecule has 2 amide bonds. The fourth-order valence-corrected chi connectivity index (χ4v) is 5.84. The maximum atomic E-state index is 13.1. The summed E-state index contributed by atoms with van der Waals surface area (Å²) in [5.74, 6) is 2.86. The molecule has 3 fully saturated rings. The van der Waals surface area contributed by atoms with E-state index in [1.807, 2.05) is 36.9 Å². The molecule has 1 aliphatic carbocycles. The highest BCUT2D eigenvalue weighted by Gasteiger charge is 2.33. The SMILES string of the molecule is CC.COc1cc(C2CN(C(=O)c3cc(OCCCC(=O)N4CCC(O)CC4)ccn3)C2)ccc1OCc1ccc(C2CC2)cc1. The molecule has 1 aromatic heterocycles. The van der Waals surface area contributed by atoms with Gasteiger partial charge in [0.2, 0.25) is 5.91 Å². The van der Waals surface area contributed by atoms with Gasteiger partial charge in [0.05, 0.1) is 19.8 Å². The van der Waals surface area contributed by atoms with Crippen LogP contribution in [0.4, 0.5) is 0 Å². The van der Waals surface area contributed by atoms with Gasteiger partial charge in [-0.05, 0) is 72.9 Å². The summed E-state index contributed by atoms with van der Waals surface area (Å²) in [6.45, 7) is 7.26. The van der Waals surface area contributed by atoms with E-state index in [9.17, 15) is 14.7 Å². The Labute approximate surface area is 272 Å². The van der Waals surface area contributed by atoms with Crippen molar-refractivity contribution in [3.05, 3.63) is 83.2 Å². The lowest BCUT2D eigenvalue weighted by Crippen LogP contribution is -2.48. The first-order valence-electron chi connectivity index (χ1n) is 16.7. The molecule has 1 N–H and O–H groups in total. The number of carbonyl (C=O) groups excluding carboxylic acids is 2. The summed E-state index contributed by atoms with van der Waals surface area (Å²) in [5, 5.41) is 9.62. The molecule has 46 heavy (non-hydrogen) atoms. The molecule has 3 heterocycles. The number of benzene rings is 2.